The van der Waals surface area contributed by atoms with Crippen LogP contribution in [0, 0.1) is 0 Å². The van der Waals surface area contributed by atoms with Gasteiger partial charge in [-0.05, 0) is 18.2 Å². The first-order valence-electron chi connectivity index (χ1n) is 6.31. The number of hydrogen-bond acceptors (Lipinski definition) is 4. The van der Waals surface area contributed by atoms with Crippen LogP contribution in [0.5, 0.6) is 0 Å². The molecule has 0 bridgehead atoms. The van der Waals surface area contributed by atoms with E-state index in [0.717, 1.165) is 27.5 Å². The van der Waals surface area contributed by atoms with E-state index in [1.165, 1.54) is 21.3 Å². The summed E-state index contributed by atoms with van der Waals surface area (Å²) in [5.74, 6) is -1.22. The van der Waals surface area contributed by atoms with Crippen LogP contribution < -0.4 is 0 Å². The molecule has 3 aromatic rings. The van der Waals surface area contributed by atoms with Crippen molar-refractivity contribution in [2.45, 2.75) is 5.97 Å². The molecule has 0 aliphatic carbocycles. The molecule has 0 aliphatic heterocycles. The highest BCUT2D eigenvalue weighted by atomic mass is 16.9. The number of furan rings is 1. The molecule has 3 rings (SSSR count). The van der Waals surface area contributed by atoms with E-state index in [1.54, 1.807) is 0 Å². The summed E-state index contributed by atoms with van der Waals surface area (Å²) in [4.78, 5) is 0. The second kappa shape index (κ2) is 4.90. The number of ether oxygens (including phenoxy) is 3. The maximum atomic E-state index is 5.86. The van der Waals surface area contributed by atoms with Crippen molar-refractivity contribution in [3.63, 3.8) is 0 Å². The average Bonchev–Trinajstić information content (AvgIpc) is 2.87. The molecule has 2 aromatic carbocycles. The van der Waals surface area contributed by atoms with Crippen molar-refractivity contribution in [2.75, 3.05) is 21.3 Å². The van der Waals surface area contributed by atoms with E-state index >= 15 is 0 Å². The van der Waals surface area contributed by atoms with E-state index in [1.807, 2.05) is 42.5 Å². The minimum atomic E-state index is -1.22. The number of methoxy groups -OCH3 is 3. The van der Waals surface area contributed by atoms with Crippen LogP contribution in [0.4, 0.5) is 0 Å². The van der Waals surface area contributed by atoms with Gasteiger partial charge in [-0.15, -0.1) is 0 Å². The minimum absolute atomic E-state index is 0.747. The van der Waals surface area contributed by atoms with Gasteiger partial charge in [-0.1, -0.05) is 24.3 Å². The van der Waals surface area contributed by atoms with Crippen molar-refractivity contribution in [1.82, 2.24) is 0 Å². The summed E-state index contributed by atoms with van der Waals surface area (Å²) in [6.07, 6.45) is 0. The van der Waals surface area contributed by atoms with E-state index in [9.17, 15) is 0 Å². The molecule has 104 valence electrons. The highest BCUT2D eigenvalue weighted by Gasteiger charge is 2.33. The highest BCUT2D eigenvalue weighted by molar-refractivity contribution is 6.04. The lowest BCUT2D eigenvalue weighted by Crippen LogP contribution is -2.32. The zero-order valence-corrected chi connectivity index (χ0v) is 11.7. The van der Waals surface area contributed by atoms with Gasteiger partial charge in [-0.2, -0.15) is 0 Å². The summed E-state index contributed by atoms with van der Waals surface area (Å²) in [5, 5.41) is 2.15. The van der Waals surface area contributed by atoms with Gasteiger partial charge in [0.05, 0.1) is 0 Å². The van der Waals surface area contributed by atoms with Crippen LogP contribution in [-0.2, 0) is 20.2 Å². The Morgan fingerprint density at radius 3 is 2.15 bits per heavy atom. The summed E-state index contributed by atoms with van der Waals surface area (Å²) in [6.45, 7) is 0. The van der Waals surface area contributed by atoms with Crippen molar-refractivity contribution in [3.05, 3.63) is 48.0 Å². The molecule has 1 heterocycles. The Morgan fingerprint density at radius 1 is 0.800 bits per heavy atom. The zero-order chi connectivity index (χ0) is 14.2. The fourth-order valence-corrected chi connectivity index (χ4v) is 2.52. The molecular formula is C16H16O4. The molecule has 0 aliphatic rings. The van der Waals surface area contributed by atoms with E-state index in [-0.39, 0.29) is 0 Å². The summed E-state index contributed by atoms with van der Waals surface area (Å²) >= 11 is 0. The fraction of sp³-hybridized carbons (Fsp3) is 0.250. The molecule has 0 saturated heterocycles. The predicted octanol–water partition coefficient (Wildman–Crippen LogP) is 3.64. The summed E-state index contributed by atoms with van der Waals surface area (Å²) in [5.41, 5.74) is 2.38. The molecular weight excluding hydrogens is 256 g/mol. The third-order valence-corrected chi connectivity index (χ3v) is 3.54. The molecule has 0 saturated carbocycles. The number of benzene rings is 2. The predicted molar refractivity (Wildman–Crippen MR) is 76.4 cm³/mol. The second-order valence-electron chi connectivity index (χ2n) is 4.48. The van der Waals surface area contributed by atoms with Gasteiger partial charge in [-0.3, -0.25) is 0 Å². The van der Waals surface area contributed by atoms with Gasteiger partial charge in [0.1, 0.15) is 11.2 Å². The topological polar surface area (TPSA) is 40.8 Å². The quantitative estimate of drug-likeness (QED) is 0.680. The largest absolute Gasteiger partial charge is 0.456 e. The normalized spacial score (nSPS) is 12.3. The number of para-hydroxylation sites is 1. The van der Waals surface area contributed by atoms with E-state index < -0.39 is 5.97 Å². The Balaban J connectivity index is 2.22. The second-order valence-corrected chi connectivity index (χ2v) is 4.48. The molecule has 0 unspecified atom stereocenters. The highest BCUT2D eigenvalue weighted by Crippen LogP contribution is 2.33. The van der Waals surface area contributed by atoms with Crippen molar-refractivity contribution >= 4 is 21.9 Å². The third-order valence-electron chi connectivity index (χ3n) is 3.54. The number of rotatable bonds is 4. The lowest BCUT2D eigenvalue weighted by molar-refractivity contribution is -0.364. The van der Waals surface area contributed by atoms with Gasteiger partial charge >= 0.3 is 5.97 Å². The molecule has 0 amide bonds. The van der Waals surface area contributed by atoms with Crippen LogP contribution in [0.3, 0.4) is 0 Å². The first-order valence-corrected chi connectivity index (χ1v) is 6.31. The molecule has 4 nitrogen and oxygen atoms in total. The number of hydrogen-bond donors (Lipinski definition) is 0. The van der Waals surface area contributed by atoms with Crippen molar-refractivity contribution < 1.29 is 18.6 Å². The van der Waals surface area contributed by atoms with Crippen LogP contribution in [-0.4, -0.2) is 21.3 Å². The van der Waals surface area contributed by atoms with Gasteiger partial charge in [0, 0.05) is 37.7 Å². The first kappa shape index (κ1) is 13.1. The van der Waals surface area contributed by atoms with Crippen molar-refractivity contribution in [3.8, 4) is 0 Å². The summed E-state index contributed by atoms with van der Waals surface area (Å²) < 4.78 is 21.9. The Hall–Kier alpha value is -1.88. The SMILES string of the molecule is COC(OC)(OC)c1ccc2c(c1)oc1ccccc12. The fourth-order valence-electron chi connectivity index (χ4n) is 2.52. The van der Waals surface area contributed by atoms with E-state index in [0.29, 0.717) is 0 Å². The minimum Gasteiger partial charge on any atom is -0.456 e. The molecule has 0 N–H and O–H groups in total. The smallest absolute Gasteiger partial charge is 0.311 e. The Bertz CT molecular complexity index is 732. The monoisotopic (exact) mass is 272 g/mol. The van der Waals surface area contributed by atoms with E-state index in [4.69, 9.17) is 18.6 Å². The molecule has 20 heavy (non-hydrogen) atoms. The molecule has 0 atom stereocenters. The van der Waals surface area contributed by atoms with Gasteiger partial charge in [-0.25, -0.2) is 0 Å². The van der Waals surface area contributed by atoms with Crippen LogP contribution in [0.2, 0.25) is 0 Å². The van der Waals surface area contributed by atoms with Gasteiger partial charge in [0.2, 0.25) is 0 Å². The van der Waals surface area contributed by atoms with Crippen molar-refractivity contribution in [1.29, 1.82) is 0 Å². The lowest BCUT2D eigenvalue weighted by atomic mass is 10.1. The van der Waals surface area contributed by atoms with Crippen LogP contribution in [0.15, 0.2) is 46.9 Å². The lowest BCUT2D eigenvalue weighted by Gasteiger charge is -2.28. The molecule has 0 fully saturated rings. The van der Waals surface area contributed by atoms with Crippen LogP contribution in [0.25, 0.3) is 21.9 Å². The van der Waals surface area contributed by atoms with Gasteiger partial charge in [0.25, 0.3) is 0 Å². The average molecular weight is 272 g/mol. The molecule has 0 spiro atoms. The zero-order valence-electron chi connectivity index (χ0n) is 11.7. The molecule has 4 heteroatoms. The Kier molecular flexibility index (Phi) is 3.22. The van der Waals surface area contributed by atoms with E-state index in [2.05, 4.69) is 0 Å². The van der Waals surface area contributed by atoms with Crippen molar-refractivity contribution in [2.24, 2.45) is 0 Å². The molecule has 1 aromatic heterocycles. The summed E-state index contributed by atoms with van der Waals surface area (Å²) in [7, 11) is 4.61. The van der Waals surface area contributed by atoms with Gasteiger partial charge < -0.3 is 18.6 Å². The summed E-state index contributed by atoms with van der Waals surface area (Å²) in [6, 6.07) is 13.7. The van der Waals surface area contributed by atoms with Gasteiger partial charge in [0.15, 0.2) is 0 Å². The van der Waals surface area contributed by atoms with Crippen LogP contribution >= 0.6 is 0 Å². The number of fused-ring (bicyclic) bond motifs is 3. The maximum absolute atomic E-state index is 5.86. The third kappa shape index (κ3) is 1.81. The maximum Gasteiger partial charge on any atom is 0.311 e. The van der Waals surface area contributed by atoms with Crippen LogP contribution in [0.1, 0.15) is 5.56 Å². The Morgan fingerprint density at radius 2 is 1.45 bits per heavy atom. The standard InChI is InChI=1S/C16H16O4/c1-17-16(18-2,19-3)11-8-9-13-12-6-4-5-7-14(12)20-15(13)10-11/h4-10H,1-3H3. The first-order chi connectivity index (χ1) is 9.74. The Labute approximate surface area is 116 Å². The molecule has 0 radical (unpaired) electrons.